The maximum absolute atomic E-state index is 5.52. The molecule has 0 N–H and O–H groups in total. The molecule has 3 aromatic rings. The molecule has 0 amide bonds. The molecule has 1 aliphatic carbocycles. The van der Waals surface area contributed by atoms with Gasteiger partial charge in [0.1, 0.15) is 0 Å². The highest BCUT2D eigenvalue weighted by Crippen LogP contribution is 2.48. The Morgan fingerprint density at radius 2 is 1.00 bits per heavy atom. The molecule has 0 radical (unpaired) electrons. The lowest BCUT2D eigenvalue weighted by atomic mass is 10.2. The first-order chi connectivity index (χ1) is 13.6. The zero-order chi connectivity index (χ0) is 19.6. The van der Waals surface area contributed by atoms with E-state index in [2.05, 4.69) is 112 Å². The number of nitrogens with zero attached hydrogens (tertiary/aromatic N) is 1. The molecule has 0 spiro atoms. The third-order valence-corrected chi connectivity index (χ3v) is 8.95. The average Bonchev–Trinajstić information content (AvgIpc) is 3.21. The van der Waals surface area contributed by atoms with Crippen molar-refractivity contribution in [1.29, 1.82) is 0 Å². The number of allylic oxidation sites excluding steroid dienone is 3. The summed E-state index contributed by atoms with van der Waals surface area (Å²) in [6.07, 6.45) is 7.37. The molecule has 0 atom stereocenters. The van der Waals surface area contributed by atoms with Crippen molar-refractivity contribution >= 4 is 23.0 Å². The minimum absolute atomic E-state index is 0.908. The van der Waals surface area contributed by atoms with Crippen molar-refractivity contribution in [3.05, 3.63) is 113 Å². The van der Waals surface area contributed by atoms with Crippen molar-refractivity contribution in [3.63, 3.8) is 0 Å². The quantitative estimate of drug-likeness (QED) is 0.495. The van der Waals surface area contributed by atoms with Crippen LogP contribution >= 0.6 is 7.05 Å². The predicted molar refractivity (Wildman–Crippen MR) is 124 cm³/mol. The Hall–Kier alpha value is -2.63. The molecule has 1 aliphatic rings. The summed E-state index contributed by atoms with van der Waals surface area (Å²) in [5.74, 6) is 0. The number of hydrogen-bond acceptors (Lipinski definition) is 1. The SMILES string of the molecule is Cc1ccc(P(=NC2=CC=CC2)(c2ccc(C)cc2)c2ccc(C)cc2)cc1. The highest BCUT2D eigenvalue weighted by molar-refractivity contribution is 7.87. The molecule has 28 heavy (non-hydrogen) atoms. The number of rotatable bonds is 4. The van der Waals surface area contributed by atoms with Crippen molar-refractivity contribution in [3.8, 4) is 0 Å². The molecule has 0 fully saturated rings. The van der Waals surface area contributed by atoms with Crippen molar-refractivity contribution in [2.24, 2.45) is 4.74 Å². The zero-order valence-electron chi connectivity index (χ0n) is 16.8. The van der Waals surface area contributed by atoms with Crippen molar-refractivity contribution < 1.29 is 0 Å². The van der Waals surface area contributed by atoms with Crippen LogP contribution in [0.2, 0.25) is 0 Å². The van der Waals surface area contributed by atoms with Crippen LogP contribution < -0.4 is 15.9 Å². The zero-order valence-corrected chi connectivity index (χ0v) is 17.7. The van der Waals surface area contributed by atoms with Gasteiger partial charge in [-0.2, -0.15) is 0 Å². The second-order valence-electron chi connectivity index (χ2n) is 7.53. The van der Waals surface area contributed by atoms with Gasteiger partial charge in [-0.05, 0) is 26.8 Å². The Labute approximate surface area is 168 Å². The van der Waals surface area contributed by atoms with Crippen LogP contribution in [-0.4, -0.2) is 0 Å². The fourth-order valence-electron chi connectivity index (χ4n) is 3.60. The molecule has 0 unspecified atom stereocenters. The van der Waals surface area contributed by atoms with Gasteiger partial charge in [-0.3, -0.25) is 4.74 Å². The number of benzene rings is 3. The molecule has 0 bridgehead atoms. The summed E-state index contributed by atoms with van der Waals surface area (Å²) >= 11 is 0. The van der Waals surface area contributed by atoms with Crippen molar-refractivity contribution in [1.82, 2.24) is 0 Å². The van der Waals surface area contributed by atoms with Gasteiger partial charge in [0, 0.05) is 28.0 Å². The van der Waals surface area contributed by atoms with Gasteiger partial charge in [0.2, 0.25) is 0 Å². The molecule has 0 saturated carbocycles. The van der Waals surface area contributed by atoms with Crippen LogP contribution in [-0.2, 0) is 0 Å². The summed E-state index contributed by atoms with van der Waals surface area (Å²) < 4.78 is 5.52. The Morgan fingerprint density at radius 3 is 1.32 bits per heavy atom. The molecule has 1 nitrogen and oxygen atoms in total. The van der Waals surface area contributed by atoms with Gasteiger partial charge in [-0.15, -0.1) is 0 Å². The Morgan fingerprint density at radius 1 is 0.607 bits per heavy atom. The van der Waals surface area contributed by atoms with E-state index >= 15 is 0 Å². The maximum Gasteiger partial charge on any atom is 0.0608 e. The molecule has 0 saturated heterocycles. The van der Waals surface area contributed by atoms with E-state index in [1.165, 1.54) is 32.6 Å². The number of hydrogen-bond donors (Lipinski definition) is 0. The largest absolute Gasteiger partial charge is 0.258 e. The van der Waals surface area contributed by atoms with E-state index in [0.717, 1.165) is 12.1 Å². The summed E-state index contributed by atoms with van der Waals surface area (Å²) in [5.41, 5.74) is 4.99. The first-order valence-corrected chi connectivity index (χ1v) is 11.5. The van der Waals surface area contributed by atoms with E-state index in [1.54, 1.807) is 0 Å². The summed E-state index contributed by atoms with van der Waals surface area (Å²) in [4.78, 5) is 0. The topological polar surface area (TPSA) is 12.4 Å². The molecule has 0 aliphatic heterocycles. The van der Waals surface area contributed by atoms with E-state index < -0.39 is 7.05 Å². The van der Waals surface area contributed by atoms with E-state index in [1.807, 2.05) is 0 Å². The minimum atomic E-state index is -2.15. The predicted octanol–water partition coefficient (Wildman–Crippen LogP) is 5.93. The molecule has 0 heterocycles. The lowest BCUT2D eigenvalue weighted by molar-refractivity contribution is 1.21. The van der Waals surface area contributed by atoms with E-state index in [0.29, 0.717) is 0 Å². The summed E-state index contributed by atoms with van der Waals surface area (Å²) in [7, 11) is -2.15. The summed E-state index contributed by atoms with van der Waals surface area (Å²) in [6, 6.07) is 26.9. The van der Waals surface area contributed by atoms with Gasteiger partial charge >= 0.3 is 0 Å². The first kappa shape index (κ1) is 18.7. The van der Waals surface area contributed by atoms with Crippen LogP contribution in [0.25, 0.3) is 0 Å². The Balaban J connectivity index is 2.08. The highest BCUT2D eigenvalue weighted by Gasteiger charge is 2.28. The molecule has 0 aromatic heterocycles. The van der Waals surface area contributed by atoms with Gasteiger partial charge in [0.25, 0.3) is 0 Å². The highest BCUT2D eigenvalue weighted by atomic mass is 31.2. The van der Waals surface area contributed by atoms with Crippen LogP contribution in [0.3, 0.4) is 0 Å². The van der Waals surface area contributed by atoms with Gasteiger partial charge in [0.15, 0.2) is 0 Å². The monoisotopic (exact) mass is 383 g/mol. The second kappa shape index (κ2) is 7.78. The lowest BCUT2D eigenvalue weighted by Crippen LogP contribution is -2.25. The standard InChI is InChI=1S/C26H26NP/c1-20-8-14-24(15-9-20)28(27-23-6-4-5-7-23,25-16-10-21(2)11-17-25)26-18-12-22(3)13-19-26/h4-6,8-19H,7H2,1-3H3. The summed E-state index contributed by atoms with van der Waals surface area (Å²) in [6.45, 7) is 6.42. The third kappa shape index (κ3) is 3.55. The van der Waals surface area contributed by atoms with Gasteiger partial charge < -0.3 is 0 Å². The molecule has 2 heteroatoms. The van der Waals surface area contributed by atoms with Crippen molar-refractivity contribution in [2.45, 2.75) is 27.2 Å². The molecule has 140 valence electrons. The Bertz CT molecular complexity index is 965. The Kier molecular flexibility index (Phi) is 5.20. The van der Waals surface area contributed by atoms with Crippen LogP contribution in [0.4, 0.5) is 0 Å². The fourth-order valence-corrected chi connectivity index (χ4v) is 7.12. The third-order valence-electron chi connectivity index (χ3n) is 5.25. The number of aryl methyl sites for hydroxylation is 3. The fraction of sp³-hybridized carbons (Fsp3) is 0.154. The maximum atomic E-state index is 5.52. The van der Waals surface area contributed by atoms with Crippen molar-refractivity contribution in [2.75, 3.05) is 0 Å². The molecular formula is C26H26NP. The first-order valence-electron chi connectivity index (χ1n) is 9.78. The van der Waals surface area contributed by atoms with Crippen LogP contribution in [0.5, 0.6) is 0 Å². The van der Waals surface area contributed by atoms with E-state index in [9.17, 15) is 0 Å². The van der Waals surface area contributed by atoms with Gasteiger partial charge in [0.05, 0.1) is 7.05 Å². The van der Waals surface area contributed by atoms with E-state index in [-0.39, 0.29) is 0 Å². The molecule has 3 aromatic carbocycles. The smallest absolute Gasteiger partial charge is 0.0608 e. The summed E-state index contributed by atoms with van der Waals surface area (Å²) in [5, 5.41) is 3.91. The minimum Gasteiger partial charge on any atom is -0.258 e. The molecule has 4 rings (SSSR count). The van der Waals surface area contributed by atoms with Crippen LogP contribution in [0.1, 0.15) is 23.1 Å². The van der Waals surface area contributed by atoms with Gasteiger partial charge in [-0.25, -0.2) is 0 Å². The van der Waals surface area contributed by atoms with Crippen LogP contribution in [0.15, 0.2) is 101 Å². The lowest BCUT2D eigenvalue weighted by Gasteiger charge is -2.27. The van der Waals surface area contributed by atoms with E-state index in [4.69, 9.17) is 4.74 Å². The second-order valence-corrected chi connectivity index (χ2v) is 10.6. The molecular weight excluding hydrogens is 357 g/mol. The van der Waals surface area contributed by atoms with Gasteiger partial charge in [-0.1, -0.05) is 102 Å². The average molecular weight is 383 g/mol. The van der Waals surface area contributed by atoms with Crippen LogP contribution in [0, 0.1) is 20.8 Å². The normalized spacial score (nSPS) is 13.5.